The van der Waals surface area contributed by atoms with E-state index in [4.69, 9.17) is 23.2 Å². The molecule has 1 N–H and O–H groups in total. The van der Waals surface area contributed by atoms with Crippen LogP contribution in [0.5, 0.6) is 0 Å². The Kier molecular flexibility index (Phi) is 5.41. The molecule has 0 heterocycles. The summed E-state index contributed by atoms with van der Waals surface area (Å²) in [5, 5.41) is 3.49. The van der Waals surface area contributed by atoms with E-state index in [2.05, 4.69) is 10.1 Å². The molecule has 0 saturated carbocycles. The number of rotatable bonds is 4. The summed E-state index contributed by atoms with van der Waals surface area (Å²) in [6.45, 7) is 0. The minimum Gasteiger partial charge on any atom is -0.465 e. The third-order valence-electron chi connectivity index (χ3n) is 2.96. The van der Waals surface area contributed by atoms with E-state index in [1.165, 1.54) is 19.2 Å². The molecule has 0 aliphatic heterocycles. The Morgan fingerprint density at radius 2 is 1.82 bits per heavy atom. The summed E-state index contributed by atoms with van der Waals surface area (Å²) in [5.74, 6) is -0.807. The smallest absolute Gasteiger partial charge is 0.339 e. The van der Waals surface area contributed by atoms with Crippen molar-refractivity contribution in [1.29, 1.82) is 0 Å². The molecule has 22 heavy (non-hydrogen) atoms. The maximum atomic E-state index is 12.1. The van der Waals surface area contributed by atoms with E-state index in [0.717, 1.165) is 5.56 Å². The van der Waals surface area contributed by atoms with E-state index in [9.17, 15) is 9.59 Å². The minimum atomic E-state index is -0.563. The largest absolute Gasteiger partial charge is 0.465 e. The number of esters is 1. The molecule has 2 aromatic carbocycles. The highest BCUT2D eigenvalue weighted by molar-refractivity contribution is 6.33. The number of carbonyl (C=O) groups is 2. The molecule has 0 aromatic heterocycles. The van der Waals surface area contributed by atoms with Gasteiger partial charge in [0.15, 0.2) is 0 Å². The Morgan fingerprint density at radius 1 is 1.09 bits per heavy atom. The quantitative estimate of drug-likeness (QED) is 0.859. The summed E-state index contributed by atoms with van der Waals surface area (Å²) in [4.78, 5) is 23.6. The number of hydrogen-bond acceptors (Lipinski definition) is 3. The van der Waals surface area contributed by atoms with Crippen LogP contribution in [0.1, 0.15) is 15.9 Å². The van der Waals surface area contributed by atoms with Crippen LogP contribution in [0.3, 0.4) is 0 Å². The minimum absolute atomic E-state index is 0.135. The monoisotopic (exact) mass is 337 g/mol. The summed E-state index contributed by atoms with van der Waals surface area (Å²) < 4.78 is 4.63. The number of amides is 1. The van der Waals surface area contributed by atoms with Gasteiger partial charge in [-0.15, -0.1) is 0 Å². The maximum Gasteiger partial charge on any atom is 0.339 e. The molecule has 0 saturated heterocycles. The fourth-order valence-electron chi connectivity index (χ4n) is 1.89. The summed E-state index contributed by atoms with van der Waals surface area (Å²) in [6.07, 6.45) is 0.135. The second-order valence-corrected chi connectivity index (χ2v) is 5.32. The molecule has 0 spiro atoms. The number of benzene rings is 2. The second-order valence-electron chi connectivity index (χ2n) is 4.50. The van der Waals surface area contributed by atoms with Crippen molar-refractivity contribution in [2.45, 2.75) is 6.42 Å². The van der Waals surface area contributed by atoms with Crippen LogP contribution >= 0.6 is 23.2 Å². The highest BCUT2D eigenvalue weighted by Gasteiger charge is 2.13. The first kappa shape index (κ1) is 16.3. The van der Waals surface area contributed by atoms with Gasteiger partial charge in [0.05, 0.1) is 24.1 Å². The van der Waals surface area contributed by atoms with Gasteiger partial charge in [0.2, 0.25) is 5.91 Å². The van der Waals surface area contributed by atoms with E-state index < -0.39 is 5.97 Å². The van der Waals surface area contributed by atoms with Crippen molar-refractivity contribution in [3.63, 3.8) is 0 Å². The molecule has 1 amide bonds. The molecule has 0 radical (unpaired) electrons. The molecule has 0 fully saturated rings. The zero-order chi connectivity index (χ0) is 16.1. The van der Waals surface area contributed by atoms with Gasteiger partial charge in [0.25, 0.3) is 0 Å². The average Bonchev–Trinajstić information content (AvgIpc) is 2.50. The van der Waals surface area contributed by atoms with Gasteiger partial charge in [-0.1, -0.05) is 41.4 Å². The molecule has 4 nitrogen and oxygen atoms in total. The molecule has 114 valence electrons. The van der Waals surface area contributed by atoms with E-state index in [-0.39, 0.29) is 22.9 Å². The van der Waals surface area contributed by atoms with Gasteiger partial charge in [0.1, 0.15) is 0 Å². The molecule has 0 bridgehead atoms. The van der Waals surface area contributed by atoms with Crippen molar-refractivity contribution < 1.29 is 14.3 Å². The summed E-state index contributed by atoms with van der Waals surface area (Å²) in [5.41, 5.74) is 1.38. The first-order chi connectivity index (χ1) is 10.5. The normalized spacial score (nSPS) is 10.1. The Hall–Kier alpha value is -2.04. The highest BCUT2D eigenvalue weighted by atomic mass is 35.5. The molecule has 0 aliphatic rings. The van der Waals surface area contributed by atoms with Crippen molar-refractivity contribution in [3.8, 4) is 0 Å². The average molecular weight is 338 g/mol. The summed E-state index contributed by atoms with van der Waals surface area (Å²) in [7, 11) is 1.27. The van der Waals surface area contributed by atoms with Crippen LogP contribution in [-0.2, 0) is 16.0 Å². The maximum absolute atomic E-state index is 12.1. The Balaban J connectivity index is 2.12. The van der Waals surface area contributed by atoms with Crippen molar-refractivity contribution >= 4 is 40.8 Å². The van der Waals surface area contributed by atoms with Crippen molar-refractivity contribution in [2.75, 3.05) is 12.4 Å². The predicted molar refractivity (Wildman–Crippen MR) is 86.6 cm³/mol. The molecule has 2 aromatic rings. The fraction of sp³-hybridized carbons (Fsp3) is 0.125. The molecule has 6 heteroatoms. The second kappa shape index (κ2) is 7.29. The number of nitrogens with one attached hydrogen (secondary N) is 1. The van der Waals surface area contributed by atoms with Crippen molar-refractivity contribution in [3.05, 3.63) is 63.6 Å². The van der Waals surface area contributed by atoms with E-state index in [1.807, 2.05) is 6.07 Å². The Bertz CT molecular complexity index is 716. The third-order valence-corrected chi connectivity index (χ3v) is 3.66. The van der Waals surface area contributed by atoms with Gasteiger partial charge in [0, 0.05) is 10.7 Å². The van der Waals surface area contributed by atoms with Crippen LogP contribution in [0, 0.1) is 0 Å². The van der Waals surface area contributed by atoms with E-state index >= 15 is 0 Å². The van der Waals surface area contributed by atoms with Crippen molar-refractivity contribution in [2.24, 2.45) is 0 Å². The number of anilines is 1. The first-order valence-electron chi connectivity index (χ1n) is 6.42. The molecular formula is C16H13Cl2NO3. The SMILES string of the molecule is COC(=O)c1cc(NC(=O)Cc2ccccc2Cl)ccc1Cl. The summed E-state index contributed by atoms with van der Waals surface area (Å²) >= 11 is 11.9. The van der Waals surface area contributed by atoms with Crippen LogP contribution < -0.4 is 5.32 Å². The van der Waals surface area contributed by atoms with E-state index in [1.54, 1.807) is 24.3 Å². The lowest BCUT2D eigenvalue weighted by Crippen LogP contribution is -2.15. The Labute approximate surface area is 138 Å². The number of methoxy groups -OCH3 is 1. The van der Waals surface area contributed by atoms with Gasteiger partial charge in [-0.2, -0.15) is 0 Å². The standard InChI is InChI=1S/C16H13Cl2NO3/c1-22-16(21)12-9-11(6-7-14(12)18)19-15(20)8-10-4-2-3-5-13(10)17/h2-7,9H,8H2,1H3,(H,19,20). The van der Waals surface area contributed by atoms with Gasteiger partial charge >= 0.3 is 5.97 Å². The predicted octanol–water partition coefficient (Wildman–Crippen LogP) is 3.96. The number of hydrogen-bond donors (Lipinski definition) is 1. The third kappa shape index (κ3) is 4.00. The van der Waals surface area contributed by atoms with Gasteiger partial charge in [-0.25, -0.2) is 4.79 Å². The van der Waals surface area contributed by atoms with Gasteiger partial charge in [-0.05, 0) is 29.8 Å². The summed E-state index contributed by atoms with van der Waals surface area (Å²) in [6, 6.07) is 11.7. The molecule has 0 unspecified atom stereocenters. The zero-order valence-corrected chi connectivity index (χ0v) is 13.2. The van der Waals surface area contributed by atoms with Crippen LogP contribution in [0.25, 0.3) is 0 Å². The topological polar surface area (TPSA) is 55.4 Å². The number of carbonyl (C=O) groups excluding carboxylic acids is 2. The number of halogens is 2. The Morgan fingerprint density at radius 3 is 2.50 bits per heavy atom. The van der Waals surface area contributed by atoms with E-state index in [0.29, 0.717) is 10.7 Å². The molecule has 0 aliphatic carbocycles. The lowest BCUT2D eigenvalue weighted by molar-refractivity contribution is -0.115. The molecule has 2 rings (SSSR count). The molecule has 0 atom stereocenters. The van der Waals surface area contributed by atoms with Crippen LogP contribution in [0.4, 0.5) is 5.69 Å². The highest BCUT2D eigenvalue weighted by Crippen LogP contribution is 2.22. The fourth-order valence-corrected chi connectivity index (χ4v) is 2.29. The van der Waals surface area contributed by atoms with Crippen LogP contribution in [-0.4, -0.2) is 19.0 Å². The lowest BCUT2D eigenvalue weighted by atomic mass is 10.1. The lowest BCUT2D eigenvalue weighted by Gasteiger charge is -2.09. The number of ether oxygens (including phenoxy) is 1. The molecular weight excluding hydrogens is 325 g/mol. The van der Waals surface area contributed by atoms with Crippen LogP contribution in [0.2, 0.25) is 10.0 Å². The van der Waals surface area contributed by atoms with Crippen molar-refractivity contribution in [1.82, 2.24) is 0 Å². The van der Waals surface area contributed by atoms with Crippen LogP contribution in [0.15, 0.2) is 42.5 Å². The zero-order valence-electron chi connectivity index (χ0n) is 11.7. The van der Waals surface area contributed by atoms with Gasteiger partial charge in [-0.3, -0.25) is 4.79 Å². The van der Waals surface area contributed by atoms with Gasteiger partial charge < -0.3 is 10.1 Å². The first-order valence-corrected chi connectivity index (χ1v) is 7.18.